The van der Waals surface area contributed by atoms with Gasteiger partial charge in [0.2, 0.25) is 15.9 Å². The first-order chi connectivity index (χ1) is 11.9. The Bertz CT molecular complexity index is 759. The molecule has 8 nitrogen and oxygen atoms in total. The third kappa shape index (κ3) is 5.80. The van der Waals surface area contributed by atoms with Crippen LogP contribution >= 0.6 is 0 Å². The van der Waals surface area contributed by atoms with Crippen molar-refractivity contribution >= 4 is 10.0 Å². The SMILES string of the molecule is CCOc1ccc(S(=O)(=O)NCCc2nc(CC(C)NC)no2)cc1. The lowest BCUT2D eigenvalue weighted by molar-refractivity contribution is 0.340. The predicted octanol–water partition coefficient (Wildman–Crippen LogP) is 1.14. The fourth-order valence-corrected chi connectivity index (χ4v) is 3.14. The second kappa shape index (κ2) is 8.93. The van der Waals surface area contributed by atoms with Gasteiger partial charge >= 0.3 is 0 Å². The monoisotopic (exact) mass is 368 g/mol. The van der Waals surface area contributed by atoms with E-state index >= 15 is 0 Å². The Kier molecular flexibility index (Phi) is 6.91. The second-order valence-corrected chi connectivity index (χ2v) is 7.32. The van der Waals surface area contributed by atoms with Crippen LogP contribution in [0.2, 0.25) is 0 Å². The topological polar surface area (TPSA) is 106 Å². The van der Waals surface area contributed by atoms with Crippen molar-refractivity contribution in [3.05, 3.63) is 36.0 Å². The first kappa shape index (κ1) is 19.4. The number of sulfonamides is 1. The van der Waals surface area contributed by atoms with Crippen molar-refractivity contribution in [2.75, 3.05) is 20.2 Å². The van der Waals surface area contributed by atoms with Gasteiger partial charge in [-0.25, -0.2) is 13.1 Å². The average molecular weight is 368 g/mol. The molecule has 1 atom stereocenters. The van der Waals surface area contributed by atoms with Gasteiger partial charge in [0.15, 0.2) is 5.82 Å². The molecular weight excluding hydrogens is 344 g/mol. The number of hydrogen-bond donors (Lipinski definition) is 2. The molecule has 0 radical (unpaired) electrons. The van der Waals surface area contributed by atoms with Gasteiger partial charge in [0.1, 0.15) is 5.75 Å². The van der Waals surface area contributed by atoms with Crippen LogP contribution in [-0.2, 0) is 22.9 Å². The number of benzene rings is 1. The Hall–Kier alpha value is -1.97. The van der Waals surface area contributed by atoms with E-state index in [0.717, 1.165) is 0 Å². The van der Waals surface area contributed by atoms with E-state index in [4.69, 9.17) is 9.26 Å². The van der Waals surface area contributed by atoms with Gasteiger partial charge in [-0.3, -0.25) is 0 Å². The number of aromatic nitrogens is 2. The van der Waals surface area contributed by atoms with Gasteiger partial charge in [-0.15, -0.1) is 0 Å². The molecule has 1 aromatic carbocycles. The van der Waals surface area contributed by atoms with Crippen LogP contribution in [0, 0.1) is 0 Å². The minimum atomic E-state index is -3.58. The molecule has 1 aromatic heterocycles. The van der Waals surface area contributed by atoms with Crippen LogP contribution in [0.15, 0.2) is 33.7 Å². The third-order valence-electron chi connectivity index (χ3n) is 3.57. The van der Waals surface area contributed by atoms with Crippen molar-refractivity contribution in [1.29, 1.82) is 0 Å². The molecule has 2 N–H and O–H groups in total. The second-order valence-electron chi connectivity index (χ2n) is 5.55. The maximum Gasteiger partial charge on any atom is 0.240 e. The summed E-state index contributed by atoms with van der Waals surface area (Å²) >= 11 is 0. The predicted molar refractivity (Wildman–Crippen MR) is 93.0 cm³/mol. The Morgan fingerprint density at radius 1 is 1.28 bits per heavy atom. The molecule has 9 heteroatoms. The van der Waals surface area contributed by atoms with E-state index < -0.39 is 10.0 Å². The summed E-state index contributed by atoms with van der Waals surface area (Å²) in [5, 5.41) is 6.98. The Morgan fingerprint density at radius 3 is 2.64 bits per heavy atom. The maximum absolute atomic E-state index is 12.3. The molecule has 2 aromatic rings. The van der Waals surface area contributed by atoms with Gasteiger partial charge in [0.05, 0.1) is 11.5 Å². The highest BCUT2D eigenvalue weighted by atomic mass is 32.2. The van der Waals surface area contributed by atoms with E-state index in [0.29, 0.717) is 36.9 Å². The molecule has 0 saturated heterocycles. The van der Waals surface area contributed by atoms with E-state index in [9.17, 15) is 8.42 Å². The van der Waals surface area contributed by atoms with Crippen molar-refractivity contribution in [2.24, 2.45) is 0 Å². The molecule has 25 heavy (non-hydrogen) atoms. The Morgan fingerprint density at radius 2 is 2.00 bits per heavy atom. The van der Waals surface area contributed by atoms with Gasteiger partial charge in [-0.2, -0.15) is 4.98 Å². The lowest BCUT2D eigenvalue weighted by atomic mass is 10.2. The van der Waals surface area contributed by atoms with E-state index in [2.05, 4.69) is 20.2 Å². The number of rotatable bonds is 10. The summed E-state index contributed by atoms with van der Waals surface area (Å²) in [7, 11) is -1.72. The molecule has 0 amide bonds. The van der Waals surface area contributed by atoms with E-state index in [-0.39, 0.29) is 17.5 Å². The van der Waals surface area contributed by atoms with Crippen molar-refractivity contribution in [3.8, 4) is 5.75 Å². The molecule has 0 aliphatic rings. The van der Waals surface area contributed by atoms with Crippen LogP contribution in [-0.4, -0.2) is 44.8 Å². The highest BCUT2D eigenvalue weighted by Crippen LogP contribution is 2.15. The zero-order valence-corrected chi connectivity index (χ0v) is 15.5. The largest absolute Gasteiger partial charge is 0.494 e. The van der Waals surface area contributed by atoms with Crippen LogP contribution in [0.4, 0.5) is 0 Å². The third-order valence-corrected chi connectivity index (χ3v) is 5.04. The summed E-state index contributed by atoms with van der Waals surface area (Å²) < 4.78 is 37.5. The summed E-state index contributed by atoms with van der Waals surface area (Å²) in [4.78, 5) is 4.44. The number of likely N-dealkylation sites (N-methyl/N-ethyl adjacent to an activating group) is 1. The van der Waals surface area contributed by atoms with Gasteiger partial charge < -0.3 is 14.6 Å². The van der Waals surface area contributed by atoms with E-state index in [1.54, 1.807) is 12.1 Å². The fourth-order valence-electron chi connectivity index (χ4n) is 2.11. The van der Waals surface area contributed by atoms with Crippen LogP contribution in [0.5, 0.6) is 5.75 Å². The van der Waals surface area contributed by atoms with Crippen molar-refractivity contribution in [2.45, 2.75) is 37.6 Å². The smallest absolute Gasteiger partial charge is 0.240 e. The van der Waals surface area contributed by atoms with Crippen molar-refractivity contribution in [1.82, 2.24) is 20.2 Å². The standard InChI is InChI=1S/C16H24N4O4S/c1-4-23-13-5-7-14(8-6-13)25(21,22)18-10-9-16-19-15(20-24-16)11-12(2)17-3/h5-8,12,17-18H,4,9-11H2,1-3H3. The summed E-state index contributed by atoms with van der Waals surface area (Å²) in [6, 6.07) is 6.52. The summed E-state index contributed by atoms with van der Waals surface area (Å²) in [6.45, 7) is 4.60. The first-order valence-corrected chi connectivity index (χ1v) is 9.64. The van der Waals surface area contributed by atoms with Crippen molar-refractivity contribution in [3.63, 3.8) is 0 Å². The minimum Gasteiger partial charge on any atom is -0.494 e. The van der Waals surface area contributed by atoms with Crippen LogP contribution in [0.3, 0.4) is 0 Å². The zero-order chi connectivity index (χ0) is 18.3. The fraction of sp³-hybridized carbons (Fsp3) is 0.500. The van der Waals surface area contributed by atoms with Crippen LogP contribution < -0.4 is 14.8 Å². The average Bonchev–Trinajstić information content (AvgIpc) is 3.02. The number of nitrogens with one attached hydrogen (secondary N) is 2. The molecule has 138 valence electrons. The van der Waals surface area contributed by atoms with E-state index in [1.165, 1.54) is 12.1 Å². The lowest BCUT2D eigenvalue weighted by Gasteiger charge is -2.07. The lowest BCUT2D eigenvalue weighted by Crippen LogP contribution is -2.26. The van der Waals surface area contributed by atoms with Crippen LogP contribution in [0.25, 0.3) is 0 Å². The van der Waals surface area contributed by atoms with Crippen molar-refractivity contribution < 1.29 is 17.7 Å². The molecule has 1 unspecified atom stereocenters. The molecule has 0 aliphatic carbocycles. The minimum absolute atomic E-state index is 0.179. The molecular formula is C16H24N4O4S. The van der Waals surface area contributed by atoms with Gasteiger partial charge in [0.25, 0.3) is 0 Å². The summed E-state index contributed by atoms with van der Waals surface area (Å²) in [6.07, 6.45) is 0.981. The normalized spacial score (nSPS) is 12.9. The Balaban J connectivity index is 1.87. The van der Waals surface area contributed by atoms with E-state index in [1.807, 2.05) is 20.9 Å². The number of nitrogens with zero attached hydrogens (tertiary/aromatic N) is 2. The zero-order valence-electron chi connectivity index (χ0n) is 14.7. The quantitative estimate of drug-likeness (QED) is 0.648. The molecule has 0 aliphatic heterocycles. The molecule has 0 fully saturated rings. The van der Waals surface area contributed by atoms with Gasteiger partial charge in [-0.1, -0.05) is 5.16 Å². The maximum atomic E-state index is 12.3. The molecule has 1 heterocycles. The van der Waals surface area contributed by atoms with Gasteiger partial charge in [0, 0.05) is 25.4 Å². The van der Waals surface area contributed by atoms with Gasteiger partial charge in [-0.05, 0) is 45.2 Å². The molecule has 2 rings (SSSR count). The number of ether oxygens (including phenoxy) is 1. The summed E-state index contributed by atoms with van der Waals surface area (Å²) in [5.41, 5.74) is 0. The summed E-state index contributed by atoms with van der Waals surface area (Å²) in [5.74, 6) is 1.65. The number of hydrogen-bond acceptors (Lipinski definition) is 7. The van der Waals surface area contributed by atoms with Crippen LogP contribution in [0.1, 0.15) is 25.6 Å². The molecule has 0 saturated carbocycles. The highest BCUT2D eigenvalue weighted by molar-refractivity contribution is 7.89. The molecule has 0 spiro atoms. The highest BCUT2D eigenvalue weighted by Gasteiger charge is 2.15. The first-order valence-electron chi connectivity index (χ1n) is 8.16. The molecule has 0 bridgehead atoms. The Labute approximate surface area is 148 Å².